The maximum Gasteiger partial charge on any atom is 0.272 e. The van der Waals surface area contributed by atoms with Gasteiger partial charge in [0.05, 0.1) is 0 Å². The SMILES string of the molecule is C=CC(=O)C(=O)C1=C(C(=O)C=C)O1. The van der Waals surface area contributed by atoms with E-state index in [9.17, 15) is 14.4 Å². The summed E-state index contributed by atoms with van der Waals surface area (Å²) in [4.78, 5) is 32.5. The number of ketones is 3. The molecule has 0 aromatic carbocycles. The molecule has 1 aliphatic heterocycles. The minimum Gasteiger partial charge on any atom is -0.441 e. The van der Waals surface area contributed by atoms with E-state index in [0.717, 1.165) is 12.2 Å². The number of allylic oxidation sites excluding steroid dienone is 3. The fourth-order valence-corrected chi connectivity index (χ4v) is 0.685. The number of carbonyl (C=O) groups is 3. The lowest BCUT2D eigenvalue weighted by molar-refractivity contribution is -0.132. The Hall–Kier alpha value is -1.97. The summed E-state index contributed by atoms with van der Waals surface area (Å²) in [5, 5.41) is 0. The van der Waals surface area contributed by atoms with Gasteiger partial charge in [-0.05, 0) is 12.2 Å². The lowest BCUT2D eigenvalue weighted by Crippen LogP contribution is -2.08. The van der Waals surface area contributed by atoms with Crippen LogP contribution in [0, 0.1) is 0 Å². The molecule has 0 saturated carbocycles. The van der Waals surface area contributed by atoms with Gasteiger partial charge in [0.15, 0.2) is 0 Å². The Balaban J connectivity index is 2.79. The zero-order chi connectivity index (χ0) is 10.0. The van der Waals surface area contributed by atoms with E-state index in [4.69, 9.17) is 0 Å². The van der Waals surface area contributed by atoms with E-state index >= 15 is 0 Å². The van der Waals surface area contributed by atoms with Crippen LogP contribution in [-0.4, -0.2) is 17.3 Å². The highest BCUT2D eigenvalue weighted by Crippen LogP contribution is 2.28. The van der Waals surface area contributed by atoms with Crippen molar-refractivity contribution in [3.05, 3.63) is 36.8 Å². The number of hydrogen-bond donors (Lipinski definition) is 0. The minimum absolute atomic E-state index is 0.102. The maximum atomic E-state index is 11.0. The van der Waals surface area contributed by atoms with E-state index in [-0.39, 0.29) is 11.5 Å². The van der Waals surface area contributed by atoms with E-state index in [1.165, 1.54) is 0 Å². The van der Waals surface area contributed by atoms with Gasteiger partial charge >= 0.3 is 0 Å². The van der Waals surface area contributed by atoms with Crippen molar-refractivity contribution in [2.24, 2.45) is 0 Å². The molecule has 0 N–H and O–H groups in total. The quantitative estimate of drug-likeness (QED) is 0.449. The van der Waals surface area contributed by atoms with Gasteiger partial charge < -0.3 is 4.74 Å². The first-order chi connectivity index (χ1) is 6.11. The third kappa shape index (κ3) is 1.61. The van der Waals surface area contributed by atoms with Crippen LogP contribution in [0.2, 0.25) is 0 Å². The normalized spacial score (nSPS) is 12.9. The summed E-state index contributed by atoms with van der Waals surface area (Å²) >= 11 is 0. The molecule has 4 nitrogen and oxygen atoms in total. The molecule has 0 aromatic rings. The lowest BCUT2D eigenvalue weighted by atomic mass is 10.2. The molecule has 0 aromatic heterocycles. The highest BCUT2D eigenvalue weighted by molar-refractivity contribution is 6.48. The Morgan fingerprint density at radius 1 is 1.08 bits per heavy atom. The molecule has 0 amide bonds. The standard InChI is InChI=1S/C9H6O4/c1-3-5(10)7(12)9-8(13-9)6(11)4-2/h3-4H,1-2H2. The van der Waals surface area contributed by atoms with Crippen molar-refractivity contribution in [3.8, 4) is 0 Å². The summed E-state index contributed by atoms with van der Waals surface area (Å²) in [6, 6.07) is 0. The van der Waals surface area contributed by atoms with Gasteiger partial charge in [-0.15, -0.1) is 0 Å². The molecule has 13 heavy (non-hydrogen) atoms. The zero-order valence-corrected chi connectivity index (χ0v) is 6.70. The molecule has 1 rings (SSSR count). The first-order valence-corrected chi connectivity index (χ1v) is 3.41. The summed E-state index contributed by atoms with van der Waals surface area (Å²) in [5.41, 5.74) is 0. The smallest absolute Gasteiger partial charge is 0.272 e. The molecular weight excluding hydrogens is 172 g/mol. The lowest BCUT2D eigenvalue weighted by Gasteiger charge is -1.80. The van der Waals surface area contributed by atoms with Gasteiger partial charge in [0, 0.05) is 0 Å². The Labute approximate surface area is 74.2 Å². The Bertz CT molecular complexity index is 336. The van der Waals surface area contributed by atoms with Crippen LogP contribution in [0.4, 0.5) is 0 Å². The van der Waals surface area contributed by atoms with Crippen molar-refractivity contribution < 1.29 is 19.1 Å². The molecular formula is C9H6O4. The van der Waals surface area contributed by atoms with Crippen LogP contribution in [0.25, 0.3) is 0 Å². The summed E-state index contributed by atoms with van der Waals surface area (Å²) in [6.07, 6.45) is 1.88. The molecule has 0 saturated heterocycles. The maximum absolute atomic E-state index is 11.0. The van der Waals surface area contributed by atoms with Gasteiger partial charge in [0.25, 0.3) is 5.78 Å². The summed E-state index contributed by atoms with van der Waals surface area (Å²) in [6.45, 7) is 6.33. The zero-order valence-electron chi connectivity index (χ0n) is 6.70. The Morgan fingerprint density at radius 2 is 1.69 bits per heavy atom. The second-order valence-electron chi connectivity index (χ2n) is 2.23. The largest absolute Gasteiger partial charge is 0.441 e. The van der Waals surface area contributed by atoms with Crippen LogP contribution < -0.4 is 0 Å². The van der Waals surface area contributed by atoms with Gasteiger partial charge in [0.2, 0.25) is 23.1 Å². The van der Waals surface area contributed by atoms with E-state index in [0.29, 0.717) is 0 Å². The number of rotatable bonds is 5. The molecule has 66 valence electrons. The molecule has 1 heterocycles. The molecule has 1 aliphatic rings. The van der Waals surface area contributed by atoms with Crippen LogP contribution in [0.5, 0.6) is 0 Å². The molecule has 0 atom stereocenters. The van der Waals surface area contributed by atoms with E-state index in [1.54, 1.807) is 0 Å². The van der Waals surface area contributed by atoms with Gasteiger partial charge in [-0.25, -0.2) is 0 Å². The van der Waals surface area contributed by atoms with Gasteiger partial charge in [-0.2, -0.15) is 0 Å². The van der Waals surface area contributed by atoms with Crippen molar-refractivity contribution >= 4 is 17.3 Å². The third-order valence-electron chi connectivity index (χ3n) is 1.39. The second-order valence-corrected chi connectivity index (χ2v) is 2.23. The van der Waals surface area contributed by atoms with Gasteiger partial charge in [-0.1, -0.05) is 13.2 Å². The topological polar surface area (TPSA) is 63.7 Å². The van der Waals surface area contributed by atoms with Crippen LogP contribution >= 0.6 is 0 Å². The van der Waals surface area contributed by atoms with E-state index < -0.39 is 17.3 Å². The average Bonchev–Trinajstić information content (AvgIpc) is 2.93. The molecule has 4 heteroatoms. The highest BCUT2D eigenvalue weighted by Gasteiger charge is 2.38. The molecule has 0 radical (unpaired) electrons. The predicted octanol–water partition coefficient (Wildman–Crippen LogP) is 0.307. The average molecular weight is 178 g/mol. The number of hydrogen-bond acceptors (Lipinski definition) is 4. The highest BCUT2D eigenvalue weighted by atomic mass is 16.6. The predicted molar refractivity (Wildman–Crippen MR) is 43.5 cm³/mol. The summed E-state index contributed by atoms with van der Waals surface area (Å²) < 4.78 is 4.55. The molecule has 0 bridgehead atoms. The second kappa shape index (κ2) is 3.18. The van der Waals surface area contributed by atoms with E-state index in [2.05, 4.69) is 17.9 Å². The van der Waals surface area contributed by atoms with Crippen LogP contribution in [0.3, 0.4) is 0 Å². The van der Waals surface area contributed by atoms with Crippen molar-refractivity contribution in [2.75, 3.05) is 0 Å². The van der Waals surface area contributed by atoms with Crippen LogP contribution in [-0.2, 0) is 19.1 Å². The summed E-state index contributed by atoms with van der Waals surface area (Å²) in [5.74, 6) is -2.44. The molecule has 0 spiro atoms. The fourth-order valence-electron chi connectivity index (χ4n) is 0.685. The van der Waals surface area contributed by atoms with Gasteiger partial charge in [-0.3, -0.25) is 14.4 Å². The van der Waals surface area contributed by atoms with Crippen molar-refractivity contribution in [3.63, 3.8) is 0 Å². The van der Waals surface area contributed by atoms with Crippen molar-refractivity contribution in [1.29, 1.82) is 0 Å². The number of ether oxygens (including phenoxy) is 1. The van der Waals surface area contributed by atoms with Crippen molar-refractivity contribution in [2.45, 2.75) is 0 Å². The van der Waals surface area contributed by atoms with Crippen LogP contribution in [0.15, 0.2) is 36.8 Å². The summed E-state index contributed by atoms with van der Waals surface area (Å²) in [7, 11) is 0. The van der Waals surface area contributed by atoms with Crippen molar-refractivity contribution in [1.82, 2.24) is 0 Å². The van der Waals surface area contributed by atoms with E-state index in [1.807, 2.05) is 0 Å². The fraction of sp³-hybridized carbons (Fsp3) is 0. The molecule has 0 unspecified atom stereocenters. The number of carbonyl (C=O) groups excluding carboxylic acids is 3. The molecule has 0 fully saturated rings. The first kappa shape index (κ1) is 9.12. The Kier molecular flexibility index (Phi) is 2.23. The molecule has 0 aliphatic carbocycles. The van der Waals surface area contributed by atoms with Crippen LogP contribution in [0.1, 0.15) is 0 Å². The third-order valence-corrected chi connectivity index (χ3v) is 1.39. The van der Waals surface area contributed by atoms with Gasteiger partial charge in [0.1, 0.15) is 0 Å². The first-order valence-electron chi connectivity index (χ1n) is 3.41. The minimum atomic E-state index is -0.847. The number of Topliss-reactive ketones (excluding diaryl/α,β-unsaturated/α-hetero) is 1. The Morgan fingerprint density at radius 3 is 2.15 bits per heavy atom. The monoisotopic (exact) mass is 178 g/mol.